The van der Waals surface area contributed by atoms with Crippen molar-refractivity contribution in [2.75, 3.05) is 6.61 Å². The van der Waals surface area contributed by atoms with E-state index < -0.39 is 5.91 Å². The van der Waals surface area contributed by atoms with Gasteiger partial charge in [0, 0.05) is 22.7 Å². The Hall–Kier alpha value is -1.10. The van der Waals surface area contributed by atoms with Crippen molar-refractivity contribution in [2.45, 2.75) is 25.9 Å². The molecule has 0 aliphatic rings. The van der Waals surface area contributed by atoms with Gasteiger partial charge in [0.15, 0.2) is 0 Å². The molecule has 4 N–H and O–H groups in total. The van der Waals surface area contributed by atoms with Crippen LogP contribution in [0.4, 0.5) is 0 Å². The molecule has 94 valence electrons. The van der Waals surface area contributed by atoms with Crippen molar-refractivity contribution in [1.82, 2.24) is 5.32 Å². The van der Waals surface area contributed by atoms with Gasteiger partial charge in [-0.3, -0.25) is 4.79 Å². The van der Waals surface area contributed by atoms with E-state index in [-0.39, 0.29) is 12.1 Å². The van der Waals surface area contributed by atoms with Gasteiger partial charge in [-0.05, 0) is 31.5 Å². The lowest BCUT2D eigenvalue weighted by atomic mass is 10.1. The molecule has 1 aromatic rings. The molecule has 0 unspecified atom stereocenters. The summed E-state index contributed by atoms with van der Waals surface area (Å²) in [5.74, 6) is -0.498. The molecular formula is C12H17ClN2O2. The molecule has 0 aliphatic heterocycles. The minimum atomic E-state index is -0.498. The summed E-state index contributed by atoms with van der Waals surface area (Å²) in [6.07, 6.45) is 0. The number of carbonyl (C=O) groups excluding carboxylic acids is 1. The zero-order chi connectivity index (χ0) is 13.1. The molecule has 0 fully saturated rings. The van der Waals surface area contributed by atoms with Crippen LogP contribution in [0.25, 0.3) is 0 Å². The molecule has 0 saturated carbocycles. The first-order chi connectivity index (χ1) is 7.85. The second-order valence-corrected chi connectivity index (χ2v) is 4.97. The molecule has 4 nitrogen and oxygen atoms in total. The summed E-state index contributed by atoms with van der Waals surface area (Å²) in [7, 11) is 0. The van der Waals surface area contributed by atoms with Crippen molar-refractivity contribution in [3.8, 4) is 0 Å². The van der Waals surface area contributed by atoms with Crippen LogP contribution >= 0.6 is 11.6 Å². The number of nitrogens with one attached hydrogen (secondary N) is 1. The summed E-state index contributed by atoms with van der Waals surface area (Å²) in [4.78, 5) is 10.9. The molecule has 1 rings (SSSR count). The zero-order valence-electron chi connectivity index (χ0n) is 9.96. The topological polar surface area (TPSA) is 75.3 Å². The fourth-order valence-corrected chi connectivity index (χ4v) is 1.48. The maximum atomic E-state index is 10.9. The molecule has 0 aromatic heterocycles. The monoisotopic (exact) mass is 256 g/mol. The Labute approximate surface area is 106 Å². The van der Waals surface area contributed by atoms with E-state index >= 15 is 0 Å². The van der Waals surface area contributed by atoms with Gasteiger partial charge in [-0.1, -0.05) is 17.7 Å². The normalized spacial score (nSPS) is 11.5. The summed E-state index contributed by atoms with van der Waals surface area (Å²) in [5.41, 5.74) is 6.03. The van der Waals surface area contributed by atoms with Crippen LogP contribution in [-0.2, 0) is 6.54 Å². The molecule has 0 atom stereocenters. The Morgan fingerprint density at radius 1 is 1.53 bits per heavy atom. The number of aliphatic hydroxyl groups is 1. The van der Waals surface area contributed by atoms with Gasteiger partial charge < -0.3 is 16.2 Å². The highest BCUT2D eigenvalue weighted by atomic mass is 35.5. The van der Waals surface area contributed by atoms with Gasteiger partial charge in [0.2, 0.25) is 5.91 Å². The van der Waals surface area contributed by atoms with Gasteiger partial charge in [-0.25, -0.2) is 0 Å². The summed E-state index contributed by atoms with van der Waals surface area (Å²) in [5, 5.41) is 12.8. The van der Waals surface area contributed by atoms with Crippen molar-refractivity contribution in [3.05, 3.63) is 34.3 Å². The van der Waals surface area contributed by atoms with E-state index in [1.807, 2.05) is 13.8 Å². The lowest BCUT2D eigenvalue weighted by molar-refractivity contribution is 0.100. The molecule has 0 heterocycles. The largest absolute Gasteiger partial charge is 0.394 e. The average molecular weight is 257 g/mol. The van der Waals surface area contributed by atoms with E-state index in [0.29, 0.717) is 17.1 Å². The maximum absolute atomic E-state index is 10.9. The first-order valence-corrected chi connectivity index (χ1v) is 5.67. The number of rotatable bonds is 5. The van der Waals surface area contributed by atoms with Gasteiger partial charge in [0.05, 0.1) is 6.61 Å². The van der Waals surface area contributed by atoms with Gasteiger partial charge in [-0.2, -0.15) is 0 Å². The van der Waals surface area contributed by atoms with Gasteiger partial charge in [-0.15, -0.1) is 0 Å². The fraction of sp³-hybridized carbons (Fsp3) is 0.417. The predicted octanol–water partition coefficient (Wildman–Crippen LogP) is 1.30. The van der Waals surface area contributed by atoms with E-state index in [1.54, 1.807) is 18.2 Å². The van der Waals surface area contributed by atoms with Crippen LogP contribution in [0.5, 0.6) is 0 Å². The molecule has 17 heavy (non-hydrogen) atoms. The van der Waals surface area contributed by atoms with Crippen molar-refractivity contribution >= 4 is 17.5 Å². The number of benzene rings is 1. The number of primary amides is 1. The summed E-state index contributed by atoms with van der Waals surface area (Å²) in [6, 6.07) is 4.94. The quantitative estimate of drug-likeness (QED) is 0.743. The highest BCUT2D eigenvalue weighted by Crippen LogP contribution is 2.18. The Bertz CT molecular complexity index is 419. The lowest BCUT2D eigenvalue weighted by Crippen LogP contribution is -2.42. The Morgan fingerprint density at radius 3 is 2.65 bits per heavy atom. The third kappa shape index (κ3) is 4.00. The number of nitrogens with two attached hydrogens (primary N) is 1. The number of amides is 1. The molecule has 1 amide bonds. The van der Waals surface area contributed by atoms with Crippen LogP contribution in [0.15, 0.2) is 18.2 Å². The van der Waals surface area contributed by atoms with Crippen molar-refractivity contribution in [3.63, 3.8) is 0 Å². The smallest absolute Gasteiger partial charge is 0.248 e. The molecule has 0 spiro atoms. The van der Waals surface area contributed by atoms with Crippen molar-refractivity contribution in [1.29, 1.82) is 0 Å². The van der Waals surface area contributed by atoms with Gasteiger partial charge >= 0.3 is 0 Å². The van der Waals surface area contributed by atoms with Gasteiger partial charge in [0.25, 0.3) is 0 Å². The molecule has 0 bridgehead atoms. The SMILES string of the molecule is CC(C)(CO)NCc1ccc(C(N)=O)cc1Cl. The molecule has 0 saturated heterocycles. The van der Waals surface area contributed by atoms with Crippen molar-refractivity contribution < 1.29 is 9.90 Å². The van der Waals surface area contributed by atoms with Crippen molar-refractivity contribution in [2.24, 2.45) is 5.73 Å². The number of aliphatic hydroxyl groups excluding tert-OH is 1. The molecule has 0 aliphatic carbocycles. The predicted molar refractivity (Wildman–Crippen MR) is 68.0 cm³/mol. The second-order valence-electron chi connectivity index (χ2n) is 4.57. The zero-order valence-corrected chi connectivity index (χ0v) is 10.7. The third-order valence-electron chi connectivity index (χ3n) is 2.49. The lowest BCUT2D eigenvalue weighted by Gasteiger charge is -2.23. The molecular weight excluding hydrogens is 240 g/mol. The average Bonchev–Trinajstić information content (AvgIpc) is 2.27. The van der Waals surface area contributed by atoms with E-state index in [0.717, 1.165) is 5.56 Å². The number of halogens is 1. The molecule has 1 aromatic carbocycles. The van der Waals surface area contributed by atoms with Crippen LogP contribution in [-0.4, -0.2) is 23.2 Å². The van der Waals surface area contributed by atoms with Gasteiger partial charge in [0.1, 0.15) is 0 Å². The first kappa shape index (κ1) is 14.0. The standard InChI is InChI=1S/C12H17ClN2O2/c1-12(2,7-16)15-6-9-4-3-8(11(14)17)5-10(9)13/h3-5,15-16H,6-7H2,1-2H3,(H2,14,17). The highest BCUT2D eigenvalue weighted by molar-refractivity contribution is 6.31. The number of carbonyl (C=O) groups is 1. The van der Waals surface area contributed by atoms with Crippen LogP contribution in [0.3, 0.4) is 0 Å². The molecule has 5 heteroatoms. The molecule has 0 radical (unpaired) electrons. The van der Waals surface area contributed by atoms with E-state index in [9.17, 15) is 4.79 Å². The number of hydrogen-bond donors (Lipinski definition) is 3. The van der Waals surface area contributed by atoms with Crippen LogP contribution < -0.4 is 11.1 Å². The van der Waals surface area contributed by atoms with Crippen LogP contribution in [0.1, 0.15) is 29.8 Å². The van der Waals surface area contributed by atoms with Crippen LogP contribution in [0, 0.1) is 0 Å². The highest BCUT2D eigenvalue weighted by Gasteiger charge is 2.15. The number of hydrogen-bond acceptors (Lipinski definition) is 3. The van der Waals surface area contributed by atoms with E-state index in [4.69, 9.17) is 22.4 Å². The Balaban J connectivity index is 2.77. The third-order valence-corrected chi connectivity index (χ3v) is 2.84. The second kappa shape index (κ2) is 5.49. The minimum absolute atomic E-state index is 0.0317. The first-order valence-electron chi connectivity index (χ1n) is 5.30. The van der Waals surface area contributed by atoms with E-state index in [2.05, 4.69) is 5.32 Å². The summed E-state index contributed by atoms with van der Waals surface area (Å²) < 4.78 is 0. The maximum Gasteiger partial charge on any atom is 0.248 e. The van der Waals surface area contributed by atoms with Crippen LogP contribution in [0.2, 0.25) is 5.02 Å². The Kier molecular flexibility index (Phi) is 4.51. The minimum Gasteiger partial charge on any atom is -0.394 e. The summed E-state index contributed by atoms with van der Waals surface area (Å²) >= 11 is 6.04. The fourth-order valence-electron chi connectivity index (χ4n) is 1.23. The summed E-state index contributed by atoms with van der Waals surface area (Å²) in [6.45, 7) is 4.33. The van der Waals surface area contributed by atoms with E-state index in [1.165, 1.54) is 0 Å². The Morgan fingerprint density at radius 2 is 2.18 bits per heavy atom.